The largest absolute Gasteiger partial charge is 0.495 e. The van der Waals surface area contributed by atoms with Gasteiger partial charge in [-0.3, -0.25) is 4.79 Å². The average molecular weight is 401 g/mol. The molecule has 4 aromatic rings. The Morgan fingerprint density at radius 3 is 2.69 bits per heavy atom. The molecule has 0 aliphatic heterocycles. The summed E-state index contributed by atoms with van der Waals surface area (Å²) in [6.45, 7) is 0. The number of para-hydroxylation sites is 1. The second kappa shape index (κ2) is 7.96. The number of hydrogen-bond acceptors (Lipinski definition) is 6. The number of ether oxygens (including phenoxy) is 1. The average Bonchev–Trinajstić information content (AvgIpc) is 3.44. The Kier molecular flexibility index (Phi) is 5.05. The van der Waals surface area contributed by atoms with Crippen LogP contribution < -0.4 is 10.1 Å². The fourth-order valence-corrected chi connectivity index (χ4v) is 3.47. The lowest BCUT2D eigenvalue weighted by Gasteiger charge is -2.09. The summed E-state index contributed by atoms with van der Waals surface area (Å²) in [5, 5.41) is 18.2. The SMILES string of the molecule is COc1ccc(C#N)cc1NC(=O)c1nc(-c2cccs2)n(-c2ccccc2)n1. The quantitative estimate of drug-likeness (QED) is 0.543. The van der Waals surface area contributed by atoms with Crippen LogP contribution in [0.15, 0.2) is 66.0 Å². The van der Waals surface area contributed by atoms with Crippen LogP contribution in [0.5, 0.6) is 5.75 Å². The van der Waals surface area contributed by atoms with Gasteiger partial charge in [0.05, 0.1) is 35.0 Å². The zero-order valence-corrected chi connectivity index (χ0v) is 16.2. The number of thiophene rings is 1. The summed E-state index contributed by atoms with van der Waals surface area (Å²) in [6.07, 6.45) is 0. The molecule has 1 amide bonds. The second-order valence-corrected chi connectivity index (χ2v) is 6.91. The number of benzene rings is 2. The van der Waals surface area contributed by atoms with Gasteiger partial charge in [0.25, 0.3) is 5.91 Å². The van der Waals surface area contributed by atoms with E-state index in [0.717, 1.165) is 10.6 Å². The van der Waals surface area contributed by atoms with E-state index in [-0.39, 0.29) is 5.82 Å². The minimum Gasteiger partial charge on any atom is -0.495 e. The van der Waals surface area contributed by atoms with Gasteiger partial charge in [-0.05, 0) is 41.8 Å². The van der Waals surface area contributed by atoms with E-state index in [1.165, 1.54) is 18.4 Å². The second-order valence-electron chi connectivity index (χ2n) is 5.96. The molecule has 0 spiro atoms. The van der Waals surface area contributed by atoms with Crippen LogP contribution in [0.4, 0.5) is 5.69 Å². The molecular weight excluding hydrogens is 386 g/mol. The number of aromatic nitrogens is 3. The van der Waals surface area contributed by atoms with E-state index in [4.69, 9.17) is 10.00 Å². The highest BCUT2D eigenvalue weighted by Gasteiger charge is 2.20. The molecule has 4 rings (SSSR count). The van der Waals surface area contributed by atoms with Crippen LogP contribution in [-0.2, 0) is 0 Å². The van der Waals surface area contributed by atoms with Crippen molar-refractivity contribution >= 4 is 22.9 Å². The van der Waals surface area contributed by atoms with Gasteiger partial charge in [0.2, 0.25) is 5.82 Å². The molecule has 0 aliphatic carbocycles. The first-order chi connectivity index (χ1) is 14.2. The lowest BCUT2D eigenvalue weighted by molar-refractivity contribution is 0.101. The lowest BCUT2D eigenvalue weighted by Crippen LogP contribution is -2.15. The summed E-state index contributed by atoms with van der Waals surface area (Å²) >= 11 is 1.51. The van der Waals surface area contributed by atoms with Crippen molar-refractivity contribution in [3.8, 4) is 28.2 Å². The molecule has 8 heteroatoms. The molecule has 0 saturated carbocycles. The van der Waals surface area contributed by atoms with Gasteiger partial charge in [0, 0.05) is 0 Å². The maximum absolute atomic E-state index is 12.9. The Balaban J connectivity index is 1.73. The normalized spacial score (nSPS) is 10.3. The molecule has 7 nitrogen and oxygen atoms in total. The van der Waals surface area contributed by atoms with Crippen LogP contribution in [0, 0.1) is 11.3 Å². The zero-order valence-electron chi connectivity index (χ0n) is 15.4. The van der Waals surface area contributed by atoms with Crippen LogP contribution in [0.3, 0.4) is 0 Å². The number of carbonyl (C=O) groups is 1. The highest BCUT2D eigenvalue weighted by atomic mass is 32.1. The molecule has 142 valence electrons. The van der Waals surface area contributed by atoms with Crippen molar-refractivity contribution in [2.75, 3.05) is 12.4 Å². The fourth-order valence-electron chi connectivity index (χ4n) is 2.78. The summed E-state index contributed by atoms with van der Waals surface area (Å²) in [6, 6.07) is 20.2. The Morgan fingerprint density at radius 2 is 2.00 bits per heavy atom. The summed E-state index contributed by atoms with van der Waals surface area (Å²) in [7, 11) is 1.49. The van der Waals surface area contributed by atoms with Gasteiger partial charge < -0.3 is 10.1 Å². The molecule has 0 unspecified atom stereocenters. The highest BCUT2D eigenvalue weighted by Crippen LogP contribution is 2.28. The third-order valence-electron chi connectivity index (χ3n) is 4.13. The molecule has 0 fully saturated rings. The van der Waals surface area contributed by atoms with Crippen molar-refractivity contribution in [3.63, 3.8) is 0 Å². The summed E-state index contributed by atoms with van der Waals surface area (Å²) < 4.78 is 6.91. The number of anilines is 1. The van der Waals surface area contributed by atoms with Crippen molar-refractivity contribution in [2.24, 2.45) is 0 Å². The number of carbonyl (C=O) groups excluding carboxylic acids is 1. The Morgan fingerprint density at radius 1 is 1.17 bits per heavy atom. The molecule has 2 heterocycles. The number of amides is 1. The van der Waals surface area contributed by atoms with E-state index in [1.807, 2.05) is 53.9 Å². The molecule has 0 bridgehead atoms. The van der Waals surface area contributed by atoms with Gasteiger partial charge in [-0.15, -0.1) is 16.4 Å². The van der Waals surface area contributed by atoms with E-state index < -0.39 is 5.91 Å². The standard InChI is InChI=1S/C21H15N5O2S/c1-28-17-10-9-14(13-22)12-16(17)23-21(27)19-24-20(18-8-5-11-29-18)26(25-19)15-6-3-2-4-7-15/h2-12H,1H3,(H,23,27). The van der Waals surface area contributed by atoms with Gasteiger partial charge in [-0.1, -0.05) is 24.3 Å². The Labute approximate surface area is 170 Å². The summed E-state index contributed by atoms with van der Waals surface area (Å²) in [5.74, 6) is 0.542. The number of hydrogen-bond donors (Lipinski definition) is 1. The van der Waals surface area contributed by atoms with Crippen molar-refractivity contribution in [2.45, 2.75) is 0 Å². The minimum atomic E-state index is -0.495. The molecule has 1 N–H and O–H groups in total. The monoisotopic (exact) mass is 401 g/mol. The fraction of sp³-hybridized carbons (Fsp3) is 0.0476. The predicted octanol–water partition coefficient (Wildman–Crippen LogP) is 4.13. The summed E-state index contributed by atoms with van der Waals surface area (Å²) in [4.78, 5) is 18.2. The van der Waals surface area contributed by atoms with Gasteiger partial charge in [0.15, 0.2) is 5.82 Å². The van der Waals surface area contributed by atoms with Crippen molar-refractivity contribution < 1.29 is 9.53 Å². The van der Waals surface area contributed by atoms with Crippen molar-refractivity contribution in [1.82, 2.24) is 14.8 Å². The lowest BCUT2D eigenvalue weighted by atomic mass is 10.2. The molecule has 2 aromatic carbocycles. The predicted molar refractivity (Wildman–Crippen MR) is 110 cm³/mol. The molecule has 0 radical (unpaired) electrons. The van der Waals surface area contributed by atoms with Gasteiger partial charge in [-0.25, -0.2) is 9.67 Å². The van der Waals surface area contributed by atoms with Gasteiger partial charge in [-0.2, -0.15) is 5.26 Å². The van der Waals surface area contributed by atoms with E-state index in [2.05, 4.69) is 15.4 Å². The topological polar surface area (TPSA) is 92.8 Å². The van der Waals surface area contributed by atoms with Crippen molar-refractivity contribution in [3.05, 3.63) is 77.4 Å². The highest BCUT2D eigenvalue weighted by molar-refractivity contribution is 7.13. The first kappa shape index (κ1) is 18.4. The molecular formula is C21H15N5O2S. The third kappa shape index (κ3) is 3.72. The first-order valence-corrected chi connectivity index (χ1v) is 9.53. The molecule has 0 saturated heterocycles. The number of nitriles is 1. The maximum atomic E-state index is 12.9. The zero-order chi connectivity index (χ0) is 20.2. The molecule has 0 atom stereocenters. The van der Waals surface area contributed by atoms with Crippen molar-refractivity contribution in [1.29, 1.82) is 5.26 Å². The first-order valence-electron chi connectivity index (χ1n) is 8.65. The van der Waals surface area contributed by atoms with Gasteiger partial charge >= 0.3 is 0 Å². The Bertz CT molecular complexity index is 1190. The molecule has 29 heavy (non-hydrogen) atoms. The van der Waals surface area contributed by atoms with E-state index in [0.29, 0.717) is 22.8 Å². The van der Waals surface area contributed by atoms with E-state index in [1.54, 1.807) is 22.9 Å². The number of nitrogens with one attached hydrogen (secondary N) is 1. The van der Waals surface area contributed by atoms with E-state index in [9.17, 15) is 4.79 Å². The molecule has 0 aliphatic rings. The van der Waals surface area contributed by atoms with Crippen LogP contribution in [0.1, 0.15) is 16.2 Å². The summed E-state index contributed by atoms with van der Waals surface area (Å²) in [5.41, 5.74) is 1.58. The number of methoxy groups -OCH3 is 1. The van der Waals surface area contributed by atoms with Crippen LogP contribution >= 0.6 is 11.3 Å². The maximum Gasteiger partial charge on any atom is 0.295 e. The van der Waals surface area contributed by atoms with E-state index >= 15 is 0 Å². The van der Waals surface area contributed by atoms with Crippen LogP contribution in [0.25, 0.3) is 16.4 Å². The van der Waals surface area contributed by atoms with Gasteiger partial charge in [0.1, 0.15) is 5.75 Å². The third-order valence-corrected chi connectivity index (χ3v) is 5.00. The minimum absolute atomic E-state index is 0.0154. The number of nitrogens with zero attached hydrogens (tertiary/aromatic N) is 4. The number of rotatable bonds is 5. The van der Waals surface area contributed by atoms with Crippen LogP contribution in [-0.4, -0.2) is 27.8 Å². The Hall–Kier alpha value is -3.96. The van der Waals surface area contributed by atoms with Crippen LogP contribution in [0.2, 0.25) is 0 Å². The molecule has 2 aromatic heterocycles. The smallest absolute Gasteiger partial charge is 0.295 e.